The van der Waals surface area contributed by atoms with Crippen molar-refractivity contribution in [3.63, 3.8) is 0 Å². The molecule has 2 heterocycles. The molecule has 1 aliphatic carbocycles. The first kappa shape index (κ1) is 25.4. The van der Waals surface area contributed by atoms with Gasteiger partial charge in [-0.05, 0) is 55.3 Å². The van der Waals surface area contributed by atoms with Gasteiger partial charge in [-0.25, -0.2) is 0 Å². The smallest absolute Gasteiger partial charge is 0.262 e. The zero-order valence-corrected chi connectivity index (χ0v) is 21.7. The molecule has 0 bridgehead atoms. The third-order valence-electron chi connectivity index (χ3n) is 7.50. The number of thiophene rings is 1. The molecular weight excluding hydrogens is 484 g/mol. The van der Waals surface area contributed by atoms with Crippen LogP contribution in [-0.4, -0.2) is 42.4 Å². The van der Waals surface area contributed by atoms with Gasteiger partial charge in [-0.15, -0.1) is 11.3 Å². The molecule has 2 unspecified atom stereocenters. The van der Waals surface area contributed by atoms with E-state index in [1.807, 2.05) is 48.5 Å². The predicted octanol–water partition coefficient (Wildman–Crippen LogP) is 4.06. The van der Waals surface area contributed by atoms with Gasteiger partial charge in [-0.1, -0.05) is 61.4 Å². The van der Waals surface area contributed by atoms with Crippen LogP contribution in [0.15, 0.2) is 60.7 Å². The van der Waals surface area contributed by atoms with Crippen LogP contribution in [0, 0.1) is 0 Å². The molecule has 1 aliphatic heterocycles. The fraction of sp³-hybridized carbons (Fsp3) is 0.414. The van der Waals surface area contributed by atoms with Gasteiger partial charge in [0.25, 0.3) is 5.91 Å². The van der Waals surface area contributed by atoms with Crippen molar-refractivity contribution in [2.24, 2.45) is 0 Å². The van der Waals surface area contributed by atoms with E-state index in [2.05, 4.69) is 33.4 Å². The minimum absolute atomic E-state index is 0.0613. The highest BCUT2D eigenvalue weighted by atomic mass is 32.1. The molecule has 3 amide bonds. The Hall–Kier alpha value is -3.23. The van der Waals surface area contributed by atoms with E-state index in [1.54, 1.807) is 0 Å². The largest absolute Gasteiger partial charge is 0.354 e. The van der Waals surface area contributed by atoms with Crippen molar-refractivity contribution in [3.05, 3.63) is 71.1 Å². The van der Waals surface area contributed by atoms with Crippen LogP contribution >= 0.6 is 11.3 Å². The number of benzene rings is 2. The topological polar surface area (TPSA) is 99.3 Å². The van der Waals surface area contributed by atoms with Gasteiger partial charge >= 0.3 is 0 Å². The van der Waals surface area contributed by atoms with Crippen LogP contribution in [0.2, 0.25) is 0 Å². The van der Waals surface area contributed by atoms with Crippen LogP contribution in [0.1, 0.15) is 66.2 Å². The van der Waals surface area contributed by atoms with E-state index in [-0.39, 0.29) is 42.8 Å². The molecule has 1 saturated carbocycles. The Morgan fingerprint density at radius 2 is 1.76 bits per heavy atom. The average Bonchev–Trinajstić information content (AvgIpc) is 3.57. The van der Waals surface area contributed by atoms with Crippen LogP contribution in [-0.2, 0) is 9.59 Å². The van der Waals surface area contributed by atoms with Crippen molar-refractivity contribution < 1.29 is 14.4 Å². The van der Waals surface area contributed by atoms with Gasteiger partial charge < -0.3 is 21.3 Å². The lowest BCUT2D eigenvalue weighted by Gasteiger charge is -2.31. The van der Waals surface area contributed by atoms with Crippen LogP contribution < -0.4 is 21.3 Å². The Morgan fingerprint density at radius 3 is 2.54 bits per heavy atom. The number of nitrogens with one attached hydrogen (secondary N) is 4. The third-order valence-corrected chi connectivity index (χ3v) is 8.62. The van der Waals surface area contributed by atoms with Gasteiger partial charge in [0, 0.05) is 29.7 Å². The lowest BCUT2D eigenvalue weighted by Crippen LogP contribution is -2.57. The van der Waals surface area contributed by atoms with E-state index in [9.17, 15) is 14.4 Å². The highest BCUT2D eigenvalue weighted by molar-refractivity contribution is 7.20. The monoisotopic (exact) mass is 518 g/mol. The number of carbonyl (C=O) groups excluding carboxylic acids is 3. The standard InChI is InChI=1S/C29H34N4O3S/c34-26(32-22-12-16-30-23(19-22)20-8-2-1-3-9-20)13-17-31-28(36)29(14-6-7-15-29)33-27(35)25-18-21-10-4-5-11-24(21)37-25/h1-5,8-11,18,22-23,30H,6-7,12-17,19H2,(H,31,36)(H,32,34)(H,33,35). The summed E-state index contributed by atoms with van der Waals surface area (Å²) in [4.78, 5) is 39.5. The minimum Gasteiger partial charge on any atom is -0.354 e. The Balaban J connectivity index is 1.12. The van der Waals surface area contributed by atoms with E-state index in [0.29, 0.717) is 17.7 Å². The number of hydrogen-bond donors (Lipinski definition) is 4. The second-order valence-corrected chi connectivity index (χ2v) is 11.2. The highest BCUT2D eigenvalue weighted by Crippen LogP contribution is 2.32. The maximum absolute atomic E-state index is 13.2. The first-order valence-electron chi connectivity index (χ1n) is 13.2. The maximum Gasteiger partial charge on any atom is 0.262 e. The SMILES string of the molecule is O=C(CCNC(=O)C1(NC(=O)c2cc3ccccc3s2)CCCC1)NC1CCNC(c2ccccc2)C1. The zero-order valence-electron chi connectivity index (χ0n) is 20.9. The molecule has 1 aromatic heterocycles. The van der Waals surface area contributed by atoms with Crippen molar-refractivity contribution in [1.82, 2.24) is 21.3 Å². The quantitative estimate of drug-likeness (QED) is 0.361. The fourth-order valence-corrected chi connectivity index (χ4v) is 6.46. The minimum atomic E-state index is -0.915. The number of carbonyl (C=O) groups is 3. The molecule has 37 heavy (non-hydrogen) atoms. The Bertz CT molecular complexity index is 1220. The lowest BCUT2D eigenvalue weighted by molar-refractivity contribution is -0.127. The molecule has 5 rings (SSSR count). The summed E-state index contributed by atoms with van der Waals surface area (Å²) >= 11 is 1.43. The molecule has 7 nitrogen and oxygen atoms in total. The molecule has 0 spiro atoms. The molecule has 0 radical (unpaired) electrons. The van der Waals surface area contributed by atoms with E-state index in [1.165, 1.54) is 16.9 Å². The van der Waals surface area contributed by atoms with Gasteiger partial charge in [0.2, 0.25) is 11.8 Å². The summed E-state index contributed by atoms with van der Waals surface area (Å²) < 4.78 is 1.05. The van der Waals surface area contributed by atoms with Gasteiger partial charge in [0.15, 0.2) is 0 Å². The first-order valence-corrected chi connectivity index (χ1v) is 14.0. The van der Waals surface area contributed by atoms with Gasteiger partial charge in [-0.2, -0.15) is 0 Å². The summed E-state index contributed by atoms with van der Waals surface area (Å²) in [7, 11) is 0. The van der Waals surface area contributed by atoms with Crippen molar-refractivity contribution in [3.8, 4) is 0 Å². The number of hydrogen-bond acceptors (Lipinski definition) is 5. The van der Waals surface area contributed by atoms with E-state index in [0.717, 1.165) is 42.3 Å². The Kier molecular flexibility index (Phi) is 7.86. The highest BCUT2D eigenvalue weighted by Gasteiger charge is 2.42. The predicted molar refractivity (Wildman–Crippen MR) is 146 cm³/mol. The van der Waals surface area contributed by atoms with Crippen LogP contribution in [0.3, 0.4) is 0 Å². The molecule has 194 valence electrons. The van der Waals surface area contributed by atoms with E-state index >= 15 is 0 Å². The van der Waals surface area contributed by atoms with Gasteiger partial charge in [0.1, 0.15) is 5.54 Å². The fourth-order valence-electron chi connectivity index (χ4n) is 5.51. The number of amides is 3. The Morgan fingerprint density at radius 1 is 1.00 bits per heavy atom. The number of fused-ring (bicyclic) bond motifs is 1. The summed E-state index contributed by atoms with van der Waals surface area (Å²) in [5.74, 6) is -0.470. The molecule has 2 fully saturated rings. The summed E-state index contributed by atoms with van der Waals surface area (Å²) in [6, 6.07) is 20.4. The lowest BCUT2D eigenvalue weighted by atomic mass is 9.93. The Labute approximate surface area is 221 Å². The molecule has 8 heteroatoms. The zero-order chi connectivity index (χ0) is 25.7. The average molecular weight is 519 g/mol. The summed E-state index contributed by atoms with van der Waals surface area (Å²) in [5, 5.41) is 13.7. The number of piperidine rings is 1. The summed E-state index contributed by atoms with van der Waals surface area (Å²) in [6.45, 7) is 1.10. The molecule has 1 saturated heterocycles. The third kappa shape index (κ3) is 6.02. The van der Waals surface area contributed by atoms with E-state index < -0.39 is 5.54 Å². The van der Waals surface area contributed by atoms with Crippen molar-refractivity contribution >= 4 is 39.1 Å². The second-order valence-electron chi connectivity index (χ2n) is 10.1. The molecule has 2 aliphatic rings. The van der Waals surface area contributed by atoms with Crippen LogP contribution in [0.4, 0.5) is 0 Å². The van der Waals surface area contributed by atoms with Crippen LogP contribution in [0.25, 0.3) is 10.1 Å². The summed E-state index contributed by atoms with van der Waals surface area (Å²) in [6.07, 6.45) is 4.93. The normalized spacial score (nSPS) is 20.9. The summed E-state index contributed by atoms with van der Waals surface area (Å²) in [5.41, 5.74) is 0.315. The second kappa shape index (κ2) is 11.4. The molecule has 3 aromatic rings. The van der Waals surface area contributed by atoms with Crippen LogP contribution in [0.5, 0.6) is 0 Å². The van der Waals surface area contributed by atoms with Gasteiger partial charge in [0.05, 0.1) is 4.88 Å². The molecule has 2 aromatic carbocycles. The first-order chi connectivity index (χ1) is 18.0. The van der Waals surface area contributed by atoms with Crippen molar-refractivity contribution in [2.45, 2.75) is 62.6 Å². The van der Waals surface area contributed by atoms with E-state index in [4.69, 9.17) is 0 Å². The van der Waals surface area contributed by atoms with Gasteiger partial charge in [-0.3, -0.25) is 14.4 Å². The van der Waals surface area contributed by atoms with Crippen molar-refractivity contribution in [1.29, 1.82) is 0 Å². The molecule has 2 atom stereocenters. The number of rotatable bonds is 8. The molecular formula is C29H34N4O3S. The maximum atomic E-state index is 13.2. The van der Waals surface area contributed by atoms with Crippen molar-refractivity contribution in [2.75, 3.05) is 13.1 Å². The molecule has 4 N–H and O–H groups in total.